The fraction of sp³-hybridized carbons (Fsp3) is 1.00. The van der Waals surface area contributed by atoms with Crippen LogP contribution in [-0.2, 0) is 9.47 Å². The zero-order valence-corrected chi connectivity index (χ0v) is 12.6. The second kappa shape index (κ2) is 5.48. The largest absolute Gasteiger partial charge is 0.347 e. The van der Waals surface area contributed by atoms with E-state index in [2.05, 4.69) is 27.8 Å². The van der Waals surface area contributed by atoms with Crippen LogP contribution in [0.4, 0.5) is 0 Å². The number of quaternary nitrogens is 1. The summed E-state index contributed by atoms with van der Waals surface area (Å²) in [7, 11) is 2.38. The van der Waals surface area contributed by atoms with Crippen LogP contribution in [0, 0.1) is 5.92 Å². The van der Waals surface area contributed by atoms with E-state index in [1.165, 1.54) is 36.8 Å². The first-order chi connectivity index (χ1) is 8.41. The highest BCUT2D eigenvalue weighted by atomic mass is 16.7. The van der Waals surface area contributed by atoms with Crippen molar-refractivity contribution in [3.63, 3.8) is 0 Å². The van der Waals surface area contributed by atoms with Gasteiger partial charge in [-0.15, -0.1) is 0 Å². The molecule has 0 bridgehead atoms. The summed E-state index contributed by atoms with van der Waals surface area (Å²) in [5, 5.41) is 0. The van der Waals surface area contributed by atoms with Crippen molar-refractivity contribution in [2.75, 3.05) is 33.3 Å². The number of rotatable bonds is 4. The van der Waals surface area contributed by atoms with Crippen molar-refractivity contribution in [2.45, 2.75) is 58.3 Å². The van der Waals surface area contributed by atoms with Crippen molar-refractivity contribution in [1.82, 2.24) is 0 Å². The summed E-state index contributed by atoms with van der Waals surface area (Å²) in [5.41, 5.74) is 0. The van der Waals surface area contributed by atoms with Crippen LogP contribution in [0.1, 0.15) is 46.5 Å². The van der Waals surface area contributed by atoms with Gasteiger partial charge in [-0.2, -0.15) is 0 Å². The Labute approximate surface area is 112 Å². The number of hydrogen-bond donors (Lipinski definition) is 0. The quantitative estimate of drug-likeness (QED) is 0.720. The Kier molecular flexibility index (Phi) is 4.35. The summed E-state index contributed by atoms with van der Waals surface area (Å²) < 4.78 is 13.3. The zero-order chi connectivity index (χ0) is 13.2. The molecule has 0 aromatic rings. The van der Waals surface area contributed by atoms with Gasteiger partial charge in [0.2, 0.25) is 0 Å². The van der Waals surface area contributed by atoms with Crippen molar-refractivity contribution in [1.29, 1.82) is 0 Å². The third kappa shape index (κ3) is 3.69. The number of hydrogen-bond acceptors (Lipinski definition) is 2. The molecule has 0 N–H and O–H groups in total. The smallest absolute Gasteiger partial charge is 0.166 e. The standard InChI is InChI=1S/C15H30NO2/c1-13(2)10-15(3)17-12-14(18-15)11-16(4)8-6-5-7-9-16/h13-14H,5-12H2,1-4H3/q+1/t14-,15+/m1/s1. The maximum Gasteiger partial charge on any atom is 0.166 e. The number of likely N-dealkylation sites (N-methyl/N-ethyl adjacent to an activating group) is 1. The molecule has 0 saturated carbocycles. The van der Waals surface area contributed by atoms with Crippen LogP contribution in [-0.4, -0.2) is 49.7 Å². The molecule has 3 nitrogen and oxygen atoms in total. The van der Waals surface area contributed by atoms with Crippen molar-refractivity contribution in [2.24, 2.45) is 5.92 Å². The first kappa shape index (κ1) is 14.3. The third-order valence-electron chi connectivity index (χ3n) is 4.31. The Morgan fingerprint density at radius 3 is 2.50 bits per heavy atom. The van der Waals surface area contributed by atoms with Crippen LogP contribution in [0.3, 0.4) is 0 Å². The van der Waals surface area contributed by atoms with Crippen molar-refractivity contribution < 1.29 is 14.0 Å². The highest BCUT2D eigenvalue weighted by molar-refractivity contribution is 4.76. The molecule has 18 heavy (non-hydrogen) atoms. The van der Waals surface area contributed by atoms with E-state index in [-0.39, 0.29) is 11.9 Å². The van der Waals surface area contributed by atoms with E-state index in [9.17, 15) is 0 Å². The molecule has 2 atom stereocenters. The van der Waals surface area contributed by atoms with E-state index in [1.54, 1.807) is 0 Å². The lowest BCUT2D eigenvalue weighted by molar-refractivity contribution is -0.916. The van der Waals surface area contributed by atoms with E-state index in [1.807, 2.05) is 0 Å². The van der Waals surface area contributed by atoms with E-state index in [0.29, 0.717) is 5.92 Å². The first-order valence-corrected chi connectivity index (χ1v) is 7.56. The lowest BCUT2D eigenvalue weighted by Crippen LogP contribution is -2.52. The van der Waals surface area contributed by atoms with Gasteiger partial charge in [0, 0.05) is 6.42 Å². The Balaban J connectivity index is 1.85. The van der Waals surface area contributed by atoms with Crippen LogP contribution in [0.5, 0.6) is 0 Å². The van der Waals surface area contributed by atoms with Crippen LogP contribution >= 0.6 is 0 Å². The second-order valence-electron chi connectivity index (χ2n) is 7.09. The minimum atomic E-state index is -0.340. The lowest BCUT2D eigenvalue weighted by atomic mass is 10.0. The molecular formula is C15H30NO2+. The fourth-order valence-corrected chi connectivity index (χ4v) is 3.58. The molecule has 0 radical (unpaired) electrons. The molecule has 2 rings (SSSR count). The van der Waals surface area contributed by atoms with Gasteiger partial charge in [0.25, 0.3) is 0 Å². The SMILES string of the molecule is CC(C)C[C@@]1(C)OC[C@@H](C[N+]2(C)CCCCC2)O1. The third-order valence-corrected chi connectivity index (χ3v) is 4.31. The lowest BCUT2D eigenvalue weighted by Gasteiger charge is -2.39. The van der Waals surface area contributed by atoms with Crippen molar-refractivity contribution >= 4 is 0 Å². The fourth-order valence-electron chi connectivity index (χ4n) is 3.58. The maximum atomic E-state index is 6.19. The molecular weight excluding hydrogens is 226 g/mol. The molecule has 2 saturated heterocycles. The van der Waals surface area contributed by atoms with Crippen LogP contribution in [0.2, 0.25) is 0 Å². The van der Waals surface area contributed by atoms with E-state index >= 15 is 0 Å². The molecule has 2 aliphatic rings. The number of ether oxygens (including phenoxy) is 2. The number of piperidine rings is 1. The van der Waals surface area contributed by atoms with Crippen LogP contribution in [0.15, 0.2) is 0 Å². The van der Waals surface area contributed by atoms with Gasteiger partial charge in [-0.05, 0) is 32.1 Å². The zero-order valence-electron chi connectivity index (χ0n) is 12.6. The minimum absolute atomic E-state index is 0.289. The summed E-state index contributed by atoms with van der Waals surface area (Å²) in [5.74, 6) is 0.279. The average molecular weight is 256 g/mol. The molecule has 3 heteroatoms. The van der Waals surface area contributed by atoms with Gasteiger partial charge < -0.3 is 14.0 Å². The molecule has 106 valence electrons. The Morgan fingerprint density at radius 2 is 1.89 bits per heavy atom. The number of likely N-dealkylation sites (tertiary alicyclic amines) is 1. The summed E-state index contributed by atoms with van der Waals surface area (Å²) in [6.07, 6.45) is 5.42. The van der Waals surface area contributed by atoms with E-state index in [0.717, 1.165) is 19.6 Å². The van der Waals surface area contributed by atoms with E-state index in [4.69, 9.17) is 9.47 Å². The normalized spacial score (nSPS) is 36.2. The molecule has 0 aromatic heterocycles. The van der Waals surface area contributed by atoms with Gasteiger partial charge in [0.1, 0.15) is 12.6 Å². The highest BCUT2D eigenvalue weighted by Gasteiger charge is 2.41. The number of nitrogens with zero attached hydrogens (tertiary/aromatic N) is 1. The van der Waals surface area contributed by atoms with Gasteiger partial charge in [0.05, 0.1) is 26.7 Å². The van der Waals surface area contributed by atoms with Crippen LogP contribution < -0.4 is 0 Å². The minimum Gasteiger partial charge on any atom is -0.347 e. The predicted octanol–water partition coefficient (Wildman–Crippen LogP) is 2.79. The van der Waals surface area contributed by atoms with Crippen LogP contribution in [0.25, 0.3) is 0 Å². The summed E-state index contributed by atoms with van der Waals surface area (Å²) in [4.78, 5) is 0. The van der Waals surface area contributed by atoms with Gasteiger partial charge >= 0.3 is 0 Å². The van der Waals surface area contributed by atoms with Gasteiger partial charge in [-0.25, -0.2) is 0 Å². The molecule has 0 unspecified atom stereocenters. The topological polar surface area (TPSA) is 18.5 Å². The Bertz CT molecular complexity index is 274. The highest BCUT2D eigenvalue weighted by Crippen LogP contribution is 2.31. The summed E-state index contributed by atoms with van der Waals surface area (Å²) in [6, 6.07) is 0. The van der Waals surface area contributed by atoms with Gasteiger partial charge in [0.15, 0.2) is 5.79 Å². The summed E-state index contributed by atoms with van der Waals surface area (Å²) in [6.45, 7) is 11.1. The maximum absolute atomic E-state index is 6.19. The first-order valence-electron chi connectivity index (χ1n) is 7.56. The molecule has 2 aliphatic heterocycles. The second-order valence-corrected chi connectivity index (χ2v) is 7.09. The average Bonchev–Trinajstić information content (AvgIpc) is 2.58. The Morgan fingerprint density at radius 1 is 1.22 bits per heavy atom. The molecule has 0 spiro atoms. The predicted molar refractivity (Wildman–Crippen MR) is 73.3 cm³/mol. The molecule has 2 fully saturated rings. The molecule has 0 amide bonds. The van der Waals surface area contributed by atoms with Crippen molar-refractivity contribution in [3.8, 4) is 0 Å². The molecule has 0 aromatic carbocycles. The molecule has 0 aliphatic carbocycles. The monoisotopic (exact) mass is 256 g/mol. The summed E-state index contributed by atoms with van der Waals surface area (Å²) >= 11 is 0. The van der Waals surface area contributed by atoms with Gasteiger partial charge in [-0.3, -0.25) is 0 Å². The van der Waals surface area contributed by atoms with Gasteiger partial charge in [-0.1, -0.05) is 13.8 Å². The van der Waals surface area contributed by atoms with Crippen molar-refractivity contribution in [3.05, 3.63) is 0 Å². The Hall–Kier alpha value is -0.120. The van der Waals surface area contributed by atoms with E-state index < -0.39 is 0 Å². The molecule has 2 heterocycles.